The molecule has 3 aromatic rings. The fourth-order valence-electron chi connectivity index (χ4n) is 2.55. The lowest BCUT2D eigenvalue weighted by Crippen LogP contribution is -2.13. The Bertz CT molecular complexity index is 993. The minimum Gasteiger partial charge on any atom is -0.478 e. The number of hydrogen-bond acceptors (Lipinski definition) is 3. The van der Waals surface area contributed by atoms with Crippen molar-refractivity contribution in [2.45, 2.75) is 13.8 Å². The summed E-state index contributed by atoms with van der Waals surface area (Å²) in [5.74, 6) is -1.41. The fourth-order valence-corrected chi connectivity index (χ4v) is 3.81. The van der Waals surface area contributed by atoms with Crippen molar-refractivity contribution in [3.8, 4) is 10.4 Å². The van der Waals surface area contributed by atoms with Crippen LogP contribution in [0.15, 0.2) is 52.3 Å². The first-order chi connectivity index (χ1) is 12.4. The van der Waals surface area contributed by atoms with Crippen LogP contribution in [-0.4, -0.2) is 17.0 Å². The molecular formula is C20H16BrNO3S. The first-order valence-corrected chi connectivity index (χ1v) is 9.53. The predicted molar refractivity (Wildman–Crippen MR) is 108 cm³/mol. The fraction of sp³-hybridized carbons (Fsp3) is 0.100. The summed E-state index contributed by atoms with van der Waals surface area (Å²) in [6.07, 6.45) is 0. The van der Waals surface area contributed by atoms with Crippen molar-refractivity contribution in [3.63, 3.8) is 0 Å². The van der Waals surface area contributed by atoms with Crippen molar-refractivity contribution in [1.82, 2.24) is 0 Å². The van der Waals surface area contributed by atoms with Crippen LogP contribution in [0.1, 0.15) is 31.8 Å². The van der Waals surface area contributed by atoms with E-state index in [0.717, 1.165) is 21.2 Å². The van der Waals surface area contributed by atoms with Gasteiger partial charge in [-0.05, 0) is 54.8 Å². The molecule has 1 amide bonds. The van der Waals surface area contributed by atoms with E-state index >= 15 is 0 Å². The van der Waals surface area contributed by atoms with Crippen LogP contribution in [0.3, 0.4) is 0 Å². The molecule has 4 nitrogen and oxygen atoms in total. The maximum atomic E-state index is 12.4. The van der Waals surface area contributed by atoms with Crippen molar-refractivity contribution in [1.29, 1.82) is 0 Å². The maximum Gasteiger partial charge on any atom is 0.339 e. The summed E-state index contributed by atoms with van der Waals surface area (Å²) in [5, 5.41) is 14.1. The van der Waals surface area contributed by atoms with Crippen LogP contribution in [0.5, 0.6) is 0 Å². The molecule has 1 aromatic heterocycles. The average Bonchev–Trinajstić information content (AvgIpc) is 3.01. The molecule has 3 rings (SSSR count). The zero-order valence-electron chi connectivity index (χ0n) is 14.2. The summed E-state index contributed by atoms with van der Waals surface area (Å²) >= 11 is 4.63. The number of aryl methyl sites for hydroxylation is 2. The zero-order valence-corrected chi connectivity index (χ0v) is 16.6. The zero-order chi connectivity index (χ0) is 18.8. The molecule has 0 aliphatic heterocycles. The first kappa shape index (κ1) is 18.4. The number of thiophene rings is 1. The second-order valence-corrected chi connectivity index (χ2v) is 7.71. The Morgan fingerprint density at radius 2 is 1.73 bits per heavy atom. The third-order valence-electron chi connectivity index (χ3n) is 4.13. The molecule has 0 atom stereocenters. The summed E-state index contributed by atoms with van der Waals surface area (Å²) in [6.45, 7) is 4.00. The monoisotopic (exact) mass is 429 g/mol. The van der Waals surface area contributed by atoms with Gasteiger partial charge < -0.3 is 10.4 Å². The van der Waals surface area contributed by atoms with E-state index in [9.17, 15) is 14.7 Å². The molecule has 0 aliphatic rings. The van der Waals surface area contributed by atoms with Gasteiger partial charge >= 0.3 is 5.97 Å². The number of carbonyl (C=O) groups excluding carboxylic acids is 1. The van der Waals surface area contributed by atoms with Gasteiger partial charge in [0.2, 0.25) is 0 Å². The molecule has 0 aliphatic carbocycles. The van der Waals surface area contributed by atoms with E-state index in [1.54, 1.807) is 29.6 Å². The van der Waals surface area contributed by atoms with Crippen molar-refractivity contribution >= 4 is 44.8 Å². The Labute approximate surface area is 163 Å². The standard InChI is InChI=1S/C20H16BrNO3S/c1-11-3-4-14(9-12(11)2)18-17(20(24)25)16(10-26-18)22-19(23)13-5-7-15(21)8-6-13/h3-10H,1-2H3,(H,22,23)(H,24,25). The van der Waals surface area contributed by atoms with Gasteiger partial charge in [-0.1, -0.05) is 34.1 Å². The highest BCUT2D eigenvalue weighted by Crippen LogP contribution is 2.37. The average molecular weight is 430 g/mol. The summed E-state index contributed by atoms with van der Waals surface area (Å²) in [6, 6.07) is 12.7. The second-order valence-electron chi connectivity index (χ2n) is 5.92. The number of carboxylic acids is 1. The molecule has 0 spiro atoms. The van der Waals surface area contributed by atoms with Gasteiger partial charge in [-0.25, -0.2) is 4.79 Å². The van der Waals surface area contributed by atoms with E-state index < -0.39 is 5.97 Å². The highest BCUT2D eigenvalue weighted by atomic mass is 79.9. The number of carbonyl (C=O) groups is 2. The maximum absolute atomic E-state index is 12.4. The topological polar surface area (TPSA) is 66.4 Å². The van der Waals surface area contributed by atoms with Crippen molar-refractivity contribution in [3.05, 3.63) is 74.6 Å². The van der Waals surface area contributed by atoms with Crippen molar-refractivity contribution in [2.75, 3.05) is 5.32 Å². The second kappa shape index (κ2) is 7.43. The quantitative estimate of drug-likeness (QED) is 0.554. The molecule has 0 saturated heterocycles. The number of aromatic carboxylic acids is 1. The van der Waals surface area contributed by atoms with Gasteiger partial charge in [-0.2, -0.15) is 0 Å². The smallest absolute Gasteiger partial charge is 0.339 e. The molecule has 26 heavy (non-hydrogen) atoms. The van der Waals surface area contributed by atoms with E-state index in [1.165, 1.54) is 11.3 Å². The Hall–Kier alpha value is -2.44. The van der Waals surface area contributed by atoms with Crippen LogP contribution in [-0.2, 0) is 0 Å². The third-order valence-corrected chi connectivity index (χ3v) is 5.69. The van der Waals surface area contributed by atoms with Crippen LogP contribution in [0.4, 0.5) is 5.69 Å². The van der Waals surface area contributed by atoms with Crippen LogP contribution in [0.2, 0.25) is 0 Å². The molecule has 1 heterocycles. The van der Waals surface area contributed by atoms with E-state index in [-0.39, 0.29) is 11.5 Å². The van der Waals surface area contributed by atoms with E-state index in [2.05, 4.69) is 21.2 Å². The molecule has 0 unspecified atom stereocenters. The van der Waals surface area contributed by atoms with Gasteiger partial charge in [0.1, 0.15) is 5.56 Å². The Kier molecular flexibility index (Phi) is 5.25. The Balaban J connectivity index is 1.97. The molecule has 6 heteroatoms. The number of hydrogen-bond donors (Lipinski definition) is 2. The third kappa shape index (κ3) is 3.71. The highest BCUT2D eigenvalue weighted by molar-refractivity contribution is 9.10. The van der Waals surface area contributed by atoms with E-state index in [1.807, 2.05) is 32.0 Å². The SMILES string of the molecule is Cc1ccc(-c2scc(NC(=O)c3ccc(Br)cc3)c2C(=O)O)cc1C. The number of halogens is 1. The van der Waals surface area contributed by atoms with Gasteiger partial charge in [0.15, 0.2) is 0 Å². The number of nitrogens with one attached hydrogen (secondary N) is 1. The molecule has 0 bridgehead atoms. The number of amides is 1. The van der Waals surface area contributed by atoms with E-state index in [4.69, 9.17) is 0 Å². The summed E-state index contributed by atoms with van der Waals surface area (Å²) in [4.78, 5) is 24.9. The number of anilines is 1. The summed E-state index contributed by atoms with van der Waals surface area (Å²) < 4.78 is 0.868. The minimum absolute atomic E-state index is 0.115. The van der Waals surface area contributed by atoms with Gasteiger partial charge in [0.25, 0.3) is 5.91 Å². The van der Waals surface area contributed by atoms with Crippen LogP contribution < -0.4 is 5.32 Å². The Morgan fingerprint density at radius 3 is 2.35 bits per heavy atom. The Morgan fingerprint density at radius 1 is 1.04 bits per heavy atom. The van der Waals surface area contributed by atoms with Gasteiger partial charge in [-0.3, -0.25) is 4.79 Å². The lowest BCUT2D eigenvalue weighted by atomic mass is 10.0. The van der Waals surface area contributed by atoms with Crippen LogP contribution in [0, 0.1) is 13.8 Å². The lowest BCUT2D eigenvalue weighted by molar-refractivity contribution is 0.0699. The highest BCUT2D eigenvalue weighted by Gasteiger charge is 2.21. The largest absolute Gasteiger partial charge is 0.478 e. The number of carboxylic acid groups (broad SMARTS) is 1. The van der Waals surface area contributed by atoms with Crippen LogP contribution >= 0.6 is 27.3 Å². The molecular weight excluding hydrogens is 414 g/mol. The van der Waals surface area contributed by atoms with Gasteiger partial charge in [-0.15, -0.1) is 11.3 Å². The molecule has 0 saturated carbocycles. The summed E-state index contributed by atoms with van der Waals surface area (Å²) in [7, 11) is 0. The summed E-state index contributed by atoms with van der Waals surface area (Å²) in [5.41, 5.74) is 3.95. The van der Waals surface area contributed by atoms with Gasteiger partial charge in [0.05, 0.1) is 10.6 Å². The molecule has 0 radical (unpaired) electrons. The van der Waals surface area contributed by atoms with E-state index in [0.29, 0.717) is 16.1 Å². The van der Waals surface area contributed by atoms with Crippen molar-refractivity contribution in [2.24, 2.45) is 0 Å². The van der Waals surface area contributed by atoms with Crippen molar-refractivity contribution < 1.29 is 14.7 Å². The molecule has 2 N–H and O–H groups in total. The number of rotatable bonds is 4. The first-order valence-electron chi connectivity index (χ1n) is 7.86. The number of benzene rings is 2. The van der Waals surface area contributed by atoms with Gasteiger partial charge in [0, 0.05) is 15.4 Å². The molecule has 2 aromatic carbocycles. The normalized spacial score (nSPS) is 10.6. The predicted octanol–water partition coefficient (Wildman–Crippen LogP) is 5.74. The molecule has 0 fully saturated rings. The molecule has 132 valence electrons. The minimum atomic E-state index is -1.06. The van der Waals surface area contributed by atoms with Crippen LogP contribution in [0.25, 0.3) is 10.4 Å². The lowest BCUT2D eigenvalue weighted by Gasteiger charge is -2.08.